The van der Waals surface area contributed by atoms with Gasteiger partial charge in [-0.15, -0.1) is 11.3 Å². The zero-order valence-electron chi connectivity index (χ0n) is 9.01. The lowest BCUT2D eigenvalue weighted by Crippen LogP contribution is -2.11. The highest BCUT2D eigenvalue weighted by molar-refractivity contribution is 7.12. The molecular formula is C12H8ClNO3S. The van der Waals surface area contributed by atoms with Crippen LogP contribution in [0.2, 0.25) is 5.02 Å². The van der Waals surface area contributed by atoms with Gasteiger partial charge < -0.3 is 10.4 Å². The number of thiophene rings is 1. The lowest BCUT2D eigenvalue weighted by atomic mass is 10.2. The summed E-state index contributed by atoms with van der Waals surface area (Å²) in [4.78, 5) is 23.2. The van der Waals surface area contributed by atoms with Crippen molar-refractivity contribution in [3.63, 3.8) is 0 Å². The summed E-state index contributed by atoms with van der Waals surface area (Å²) in [7, 11) is 0. The summed E-state index contributed by atoms with van der Waals surface area (Å²) in [6.45, 7) is 0. The molecule has 4 nitrogen and oxygen atoms in total. The first-order chi connectivity index (χ1) is 8.58. The lowest BCUT2D eigenvalue weighted by molar-refractivity contribution is 0.0696. The number of aromatic carboxylic acids is 1. The minimum Gasteiger partial charge on any atom is -0.478 e. The Morgan fingerprint density at radius 2 is 2.06 bits per heavy atom. The molecule has 1 aromatic heterocycles. The van der Waals surface area contributed by atoms with Crippen molar-refractivity contribution in [1.29, 1.82) is 0 Å². The number of carboxylic acid groups (broad SMARTS) is 1. The molecule has 0 aliphatic rings. The van der Waals surface area contributed by atoms with Gasteiger partial charge in [0.25, 0.3) is 5.91 Å². The third kappa shape index (κ3) is 2.69. The van der Waals surface area contributed by atoms with E-state index in [2.05, 4.69) is 5.32 Å². The number of amides is 1. The Morgan fingerprint density at radius 1 is 1.28 bits per heavy atom. The molecule has 0 saturated carbocycles. The molecule has 2 N–H and O–H groups in total. The highest BCUT2D eigenvalue weighted by Gasteiger charge is 2.11. The van der Waals surface area contributed by atoms with Gasteiger partial charge in [-0.2, -0.15) is 0 Å². The molecule has 0 spiro atoms. The molecule has 1 amide bonds. The van der Waals surface area contributed by atoms with E-state index in [4.69, 9.17) is 16.7 Å². The minimum absolute atomic E-state index is 0.0703. The number of carbonyl (C=O) groups is 2. The van der Waals surface area contributed by atoms with Gasteiger partial charge in [0.1, 0.15) is 0 Å². The van der Waals surface area contributed by atoms with Crippen LogP contribution in [-0.2, 0) is 0 Å². The van der Waals surface area contributed by atoms with Gasteiger partial charge in [-0.3, -0.25) is 4.79 Å². The first kappa shape index (κ1) is 12.6. The average molecular weight is 282 g/mol. The van der Waals surface area contributed by atoms with E-state index in [-0.39, 0.29) is 17.2 Å². The van der Waals surface area contributed by atoms with E-state index >= 15 is 0 Å². The maximum Gasteiger partial charge on any atom is 0.335 e. The summed E-state index contributed by atoms with van der Waals surface area (Å²) < 4.78 is 0. The summed E-state index contributed by atoms with van der Waals surface area (Å²) in [6, 6.07) is 7.58. The van der Waals surface area contributed by atoms with Crippen LogP contribution in [0, 0.1) is 0 Å². The van der Waals surface area contributed by atoms with Crippen molar-refractivity contribution in [3.05, 3.63) is 51.2 Å². The third-order valence-corrected chi connectivity index (χ3v) is 3.40. The molecule has 18 heavy (non-hydrogen) atoms. The molecule has 0 fully saturated rings. The topological polar surface area (TPSA) is 66.4 Å². The van der Waals surface area contributed by atoms with E-state index in [0.29, 0.717) is 9.90 Å². The van der Waals surface area contributed by atoms with Gasteiger partial charge >= 0.3 is 5.97 Å². The molecule has 1 aromatic carbocycles. The first-order valence-corrected chi connectivity index (χ1v) is 6.21. The molecule has 0 aliphatic heterocycles. The van der Waals surface area contributed by atoms with Crippen molar-refractivity contribution in [2.45, 2.75) is 0 Å². The van der Waals surface area contributed by atoms with Crippen LogP contribution in [0.5, 0.6) is 0 Å². The van der Waals surface area contributed by atoms with Gasteiger partial charge in [-0.25, -0.2) is 4.79 Å². The molecule has 0 saturated heterocycles. The molecule has 1 heterocycles. The molecule has 0 bridgehead atoms. The van der Waals surface area contributed by atoms with Crippen LogP contribution < -0.4 is 5.32 Å². The van der Waals surface area contributed by atoms with E-state index < -0.39 is 5.97 Å². The molecule has 6 heteroatoms. The standard InChI is InChI=1S/C12H8ClNO3S/c13-8-4-3-7(12(16)17)6-9(8)14-11(15)10-2-1-5-18-10/h1-6H,(H,14,15)(H,16,17). The Balaban J connectivity index is 2.26. The van der Waals surface area contributed by atoms with Crippen LogP contribution in [0.15, 0.2) is 35.7 Å². The average Bonchev–Trinajstić information content (AvgIpc) is 2.85. The van der Waals surface area contributed by atoms with Crippen molar-refractivity contribution < 1.29 is 14.7 Å². The third-order valence-electron chi connectivity index (χ3n) is 2.21. The molecule has 92 valence electrons. The van der Waals surface area contributed by atoms with Gasteiger partial charge in [-0.1, -0.05) is 17.7 Å². The number of nitrogens with one attached hydrogen (secondary N) is 1. The zero-order chi connectivity index (χ0) is 13.1. The van der Waals surface area contributed by atoms with Crippen molar-refractivity contribution in [3.8, 4) is 0 Å². The fraction of sp³-hybridized carbons (Fsp3) is 0. The Labute approximate surface area is 112 Å². The predicted octanol–water partition coefficient (Wildman–Crippen LogP) is 3.35. The summed E-state index contributed by atoms with van der Waals surface area (Å²) in [6.07, 6.45) is 0. The number of halogens is 1. The highest BCUT2D eigenvalue weighted by Crippen LogP contribution is 2.24. The second-order valence-corrected chi connectivity index (χ2v) is 4.79. The lowest BCUT2D eigenvalue weighted by Gasteiger charge is -2.07. The summed E-state index contributed by atoms with van der Waals surface area (Å²) in [5.41, 5.74) is 0.357. The van der Waals surface area contributed by atoms with E-state index in [1.807, 2.05) is 0 Å². The fourth-order valence-electron chi connectivity index (χ4n) is 1.35. The van der Waals surface area contributed by atoms with Crippen molar-refractivity contribution in [2.24, 2.45) is 0 Å². The highest BCUT2D eigenvalue weighted by atomic mass is 35.5. The Bertz CT molecular complexity index is 595. The predicted molar refractivity (Wildman–Crippen MR) is 70.7 cm³/mol. The first-order valence-electron chi connectivity index (χ1n) is 4.95. The number of anilines is 1. The van der Waals surface area contributed by atoms with Crippen LogP contribution in [-0.4, -0.2) is 17.0 Å². The van der Waals surface area contributed by atoms with Crippen molar-refractivity contribution in [1.82, 2.24) is 0 Å². The van der Waals surface area contributed by atoms with Crippen LogP contribution in [0.25, 0.3) is 0 Å². The molecule has 0 aliphatic carbocycles. The maximum absolute atomic E-state index is 11.8. The zero-order valence-corrected chi connectivity index (χ0v) is 10.6. The maximum atomic E-state index is 11.8. The monoisotopic (exact) mass is 281 g/mol. The summed E-state index contributed by atoms with van der Waals surface area (Å²) >= 11 is 7.20. The van der Waals surface area contributed by atoms with Crippen LogP contribution in [0.1, 0.15) is 20.0 Å². The molecule has 0 unspecified atom stereocenters. The minimum atomic E-state index is -1.07. The number of hydrogen-bond donors (Lipinski definition) is 2. The van der Waals surface area contributed by atoms with Gasteiger partial charge in [-0.05, 0) is 29.6 Å². The van der Waals surface area contributed by atoms with Crippen molar-refractivity contribution >= 4 is 40.5 Å². The number of carboxylic acids is 1. The van der Waals surface area contributed by atoms with E-state index in [0.717, 1.165) is 0 Å². The Kier molecular flexibility index (Phi) is 3.64. The Morgan fingerprint density at radius 3 is 2.67 bits per heavy atom. The normalized spacial score (nSPS) is 10.1. The molecule has 0 radical (unpaired) electrons. The van der Waals surface area contributed by atoms with Gasteiger partial charge in [0.05, 0.1) is 21.2 Å². The quantitative estimate of drug-likeness (QED) is 0.906. The second kappa shape index (κ2) is 5.20. The van der Waals surface area contributed by atoms with Gasteiger partial charge in [0.2, 0.25) is 0 Å². The molecule has 0 atom stereocenters. The number of rotatable bonds is 3. The summed E-state index contributed by atoms with van der Waals surface area (Å²) in [5.74, 6) is -1.38. The molecule has 2 aromatic rings. The largest absolute Gasteiger partial charge is 0.478 e. The number of hydrogen-bond acceptors (Lipinski definition) is 3. The number of benzene rings is 1. The van der Waals surface area contributed by atoms with E-state index in [1.165, 1.54) is 29.5 Å². The Hall–Kier alpha value is -1.85. The smallest absolute Gasteiger partial charge is 0.335 e. The second-order valence-electron chi connectivity index (χ2n) is 3.43. The SMILES string of the molecule is O=C(O)c1ccc(Cl)c(NC(=O)c2cccs2)c1. The van der Waals surface area contributed by atoms with E-state index in [1.54, 1.807) is 17.5 Å². The van der Waals surface area contributed by atoms with Crippen LogP contribution >= 0.6 is 22.9 Å². The number of carbonyl (C=O) groups excluding carboxylic acids is 1. The van der Waals surface area contributed by atoms with Gasteiger partial charge in [0.15, 0.2) is 0 Å². The van der Waals surface area contributed by atoms with Gasteiger partial charge in [0, 0.05) is 0 Å². The molecule has 2 rings (SSSR count). The van der Waals surface area contributed by atoms with E-state index in [9.17, 15) is 9.59 Å². The molecular weight excluding hydrogens is 274 g/mol. The summed E-state index contributed by atoms with van der Waals surface area (Å²) in [5, 5.41) is 13.5. The van der Waals surface area contributed by atoms with Crippen LogP contribution in [0.4, 0.5) is 5.69 Å². The van der Waals surface area contributed by atoms with Crippen LogP contribution in [0.3, 0.4) is 0 Å². The van der Waals surface area contributed by atoms with Crippen molar-refractivity contribution in [2.75, 3.05) is 5.32 Å². The fourth-order valence-corrected chi connectivity index (χ4v) is 2.13.